The van der Waals surface area contributed by atoms with Crippen LogP contribution in [0.3, 0.4) is 0 Å². The van der Waals surface area contributed by atoms with Crippen molar-refractivity contribution < 1.29 is 0 Å². The summed E-state index contributed by atoms with van der Waals surface area (Å²) in [5.41, 5.74) is 5.49. The first-order chi connectivity index (χ1) is 12.1. The topological polar surface area (TPSA) is 29.6 Å². The van der Waals surface area contributed by atoms with Crippen molar-refractivity contribution in [1.29, 1.82) is 0 Å². The van der Waals surface area contributed by atoms with E-state index in [9.17, 15) is 0 Å². The molecule has 25 heavy (non-hydrogen) atoms. The summed E-state index contributed by atoms with van der Waals surface area (Å²) in [6.07, 6.45) is 1.90. The highest BCUT2D eigenvalue weighted by Crippen LogP contribution is 2.19. The highest BCUT2D eigenvalue weighted by atomic mass is 32.1. The second-order valence-electron chi connectivity index (χ2n) is 5.96. The zero-order valence-corrected chi connectivity index (χ0v) is 15.3. The summed E-state index contributed by atoms with van der Waals surface area (Å²) in [6.45, 7) is 8.61. The van der Waals surface area contributed by atoms with Crippen LogP contribution in [0.1, 0.15) is 18.1 Å². The van der Waals surface area contributed by atoms with Gasteiger partial charge in [0.2, 0.25) is 4.80 Å². The largest absolute Gasteiger partial charge is 0.253 e. The maximum atomic E-state index is 4.73. The molecule has 4 heteroatoms. The van der Waals surface area contributed by atoms with Crippen LogP contribution in [0.4, 0.5) is 0 Å². The van der Waals surface area contributed by atoms with E-state index in [1.807, 2.05) is 48.1 Å². The van der Waals surface area contributed by atoms with Gasteiger partial charge in [0.15, 0.2) is 0 Å². The molecule has 1 aromatic heterocycles. The SMILES string of the molecule is C=C(C)CN=c1scc(-c2ccccc2)n1N=Cc1ccccc1C. The number of aromatic nitrogens is 1. The van der Waals surface area contributed by atoms with Gasteiger partial charge in [0.25, 0.3) is 0 Å². The molecule has 3 rings (SSSR count). The predicted molar refractivity (Wildman–Crippen MR) is 107 cm³/mol. The van der Waals surface area contributed by atoms with Gasteiger partial charge in [0.1, 0.15) is 0 Å². The van der Waals surface area contributed by atoms with Crippen LogP contribution in [0.5, 0.6) is 0 Å². The standard InChI is InChI=1S/C21H21N3S/c1-16(2)13-22-21-24(23-14-19-12-8-7-9-17(19)3)20(15-25-21)18-10-5-4-6-11-18/h4-12,14-15H,1,13H2,2-3H3. The quantitative estimate of drug-likeness (QED) is 0.465. The smallest absolute Gasteiger partial charge is 0.206 e. The van der Waals surface area contributed by atoms with Crippen molar-refractivity contribution in [1.82, 2.24) is 4.68 Å². The number of rotatable bonds is 5. The Balaban J connectivity index is 2.08. The van der Waals surface area contributed by atoms with Gasteiger partial charge >= 0.3 is 0 Å². The molecule has 0 spiro atoms. The van der Waals surface area contributed by atoms with E-state index < -0.39 is 0 Å². The number of hydrogen-bond acceptors (Lipinski definition) is 3. The molecule has 3 nitrogen and oxygen atoms in total. The van der Waals surface area contributed by atoms with E-state index >= 15 is 0 Å². The molecule has 0 aliphatic rings. The Bertz CT molecular complexity index is 962. The van der Waals surface area contributed by atoms with E-state index in [-0.39, 0.29) is 0 Å². The molecule has 0 amide bonds. The van der Waals surface area contributed by atoms with Gasteiger partial charge < -0.3 is 0 Å². The van der Waals surface area contributed by atoms with Gasteiger partial charge in [-0.15, -0.1) is 11.3 Å². The lowest BCUT2D eigenvalue weighted by Gasteiger charge is -2.04. The number of hydrogen-bond donors (Lipinski definition) is 0. The molecule has 0 N–H and O–H groups in total. The van der Waals surface area contributed by atoms with E-state index in [1.165, 1.54) is 5.56 Å². The first-order valence-electron chi connectivity index (χ1n) is 8.16. The fraction of sp³-hybridized carbons (Fsp3) is 0.143. The number of thiazole rings is 1. The molecule has 0 saturated heterocycles. The Morgan fingerprint density at radius 3 is 2.56 bits per heavy atom. The molecule has 0 saturated carbocycles. The molecule has 2 aromatic carbocycles. The van der Waals surface area contributed by atoms with Gasteiger partial charge in [-0.2, -0.15) is 5.10 Å². The van der Waals surface area contributed by atoms with Crippen LogP contribution in [0, 0.1) is 6.92 Å². The van der Waals surface area contributed by atoms with Crippen LogP contribution in [-0.4, -0.2) is 17.4 Å². The van der Waals surface area contributed by atoms with Gasteiger partial charge in [0.05, 0.1) is 18.5 Å². The Morgan fingerprint density at radius 2 is 1.84 bits per heavy atom. The summed E-state index contributed by atoms with van der Waals surface area (Å²) in [6, 6.07) is 18.5. The minimum Gasteiger partial charge on any atom is -0.253 e. The van der Waals surface area contributed by atoms with Crippen molar-refractivity contribution in [2.75, 3.05) is 6.54 Å². The third kappa shape index (κ3) is 4.22. The number of nitrogens with zero attached hydrogens (tertiary/aromatic N) is 3. The van der Waals surface area contributed by atoms with Crippen LogP contribution in [0.15, 0.2) is 82.2 Å². The lowest BCUT2D eigenvalue weighted by molar-refractivity contribution is 0.836. The maximum Gasteiger partial charge on any atom is 0.206 e. The van der Waals surface area contributed by atoms with Crippen LogP contribution in [-0.2, 0) is 0 Å². The Labute approximate surface area is 152 Å². The zero-order valence-electron chi connectivity index (χ0n) is 14.5. The minimum absolute atomic E-state index is 0.606. The highest BCUT2D eigenvalue weighted by Gasteiger charge is 2.07. The van der Waals surface area contributed by atoms with Crippen molar-refractivity contribution in [2.24, 2.45) is 10.1 Å². The first-order valence-corrected chi connectivity index (χ1v) is 9.04. The van der Waals surface area contributed by atoms with Gasteiger partial charge in [-0.25, -0.2) is 4.68 Å². The van der Waals surface area contributed by atoms with Gasteiger partial charge in [-0.1, -0.05) is 66.7 Å². The van der Waals surface area contributed by atoms with E-state index in [0.29, 0.717) is 6.54 Å². The molecule has 0 atom stereocenters. The lowest BCUT2D eigenvalue weighted by Crippen LogP contribution is -2.13. The van der Waals surface area contributed by atoms with Gasteiger partial charge in [-0.3, -0.25) is 4.99 Å². The van der Waals surface area contributed by atoms with Gasteiger partial charge in [0, 0.05) is 10.9 Å². The van der Waals surface area contributed by atoms with Crippen LogP contribution < -0.4 is 4.80 Å². The normalized spacial score (nSPS) is 12.0. The molecule has 0 aliphatic carbocycles. The van der Waals surface area contributed by atoms with E-state index in [2.05, 4.69) is 48.1 Å². The van der Waals surface area contributed by atoms with Gasteiger partial charge in [-0.05, 0) is 25.0 Å². The monoisotopic (exact) mass is 347 g/mol. The Kier molecular flexibility index (Phi) is 5.41. The summed E-state index contributed by atoms with van der Waals surface area (Å²) in [5, 5.41) is 6.83. The van der Waals surface area contributed by atoms with Crippen molar-refractivity contribution in [3.05, 3.63) is 88.1 Å². The predicted octanol–water partition coefficient (Wildman–Crippen LogP) is 4.88. The summed E-state index contributed by atoms with van der Waals surface area (Å²) < 4.78 is 1.91. The zero-order chi connectivity index (χ0) is 17.6. The van der Waals surface area contributed by atoms with E-state index in [1.54, 1.807) is 11.3 Å². The molecule has 0 aliphatic heterocycles. The van der Waals surface area contributed by atoms with Crippen LogP contribution >= 0.6 is 11.3 Å². The molecule has 0 unspecified atom stereocenters. The molecule has 3 aromatic rings. The molecular formula is C21H21N3S. The third-order valence-electron chi connectivity index (χ3n) is 3.74. The molecule has 0 bridgehead atoms. The second-order valence-corrected chi connectivity index (χ2v) is 6.79. The third-order valence-corrected chi connectivity index (χ3v) is 4.59. The van der Waals surface area contributed by atoms with E-state index in [4.69, 9.17) is 5.10 Å². The summed E-state index contributed by atoms with van der Waals surface area (Å²) >= 11 is 1.59. The van der Waals surface area contributed by atoms with Crippen molar-refractivity contribution >= 4 is 17.6 Å². The van der Waals surface area contributed by atoms with E-state index in [0.717, 1.165) is 27.2 Å². The lowest BCUT2D eigenvalue weighted by atomic mass is 10.1. The van der Waals surface area contributed by atoms with Crippen LogP contribution in [0.25, 0.3) is 11.3 Å². The second kappa shape index (κ2) is 7.90. The molecule has 0 fully saturated rings. The highest BCUT2D eigenvalue weighted by molar-refractivity contribution is 7.07. The average Bonchev–Trinajstić information content (AvgIpc) is 3.03. The molecular weight excluding hydrogens is 326 g/mol. The maximum absolute atomic E-state index is 4.73. The van der Waals surface area contributed by atoms with Crippen LogP contribution in [0.2, 0.25) is 0 Å². The van der Waals surface area contributed by atoms with Crippen molar-refractivity contribution in [2.45, 2.75) is 13.8 Å². The molecule has 126 valence electrons. The average molecular weight is 347 g/mol. The number of aryl methyl sites for hydroxylation is 1. The summed E-state index contributed by atoms with van der Waals surface area (Å²) in [4.78, 5) is 5.52. The first kappa shape index (κ1) is 17.1. The Morgan fingerprint density at radius 1 is 1.12 bits per heavy atom. The fourth-order valence-electron chi connectivity index (χ4n) is 2.38. The number of benzene rings is 2. The minimum atomic E-state index is 0.606. The fourth-order valence-corrected chi connectivity index (χ4v) is 3.22. The molecule has 0 radical (unpaired) electrons. The summed E-state index contributed by atoms with van der Waals surface area (Å²) in [5.74, 6) is 0. The van der Waals surface area contributed by atoms with Crippen molar-refractivity contribution in [3.63, 3.8) is 0 Å². The molecule has 1 heterocycles. The Hall–Kier alpha value is -2.72. The summed E-state index contributed by atoms with van der Waals surface area (Å²) in [7, 11) is 0. The van der Waals surface area contributed by atoms with Crippen molar-refractivity contribution in [3.8, 4) is 11.3 Å².